The van der Waals surface area contributed by atoms with Crippen LogP contribution in [0.25, 0.3) is 11.0 Å². The fraction of sp³-hybridized carbons (Fsp3) is 0.235. The van der Waals surface area contributed by atoms with Gasteiger partial charge in [-0.15, -0.1) is 11.3 Å². The van der Waals surface area contributed by atoms with Crippen LogP contribution in [0.15, 0.2) is 29.5 Å². The zero-order valence-corrected chi connectivity index (χ0v) is 12.8. The Kier molecular flexibility index (Phi) is 3.24. The number of thiophene rings is 1. The van der Waals surface area contributed by atoms with Gasteiger partial charge in [0.15, 0.2) is 0 Å². The summed E-state index contributed by atoms with van der Waals surface area (Å²) in [7, 11) is 0. The smallest absolute Gasteiger partial charge is 0.137 e. The number of H-pyrrole nitrogens is 1. The number of nitriles is 1. The lowest BCUT2D eigenvalue weighted by atomic mass is 9.96. The molecule has 4 nitrogen and oxygen atoms in total. The monoisotopic (exact) mass is 306 g/mol. The number of aliphatic imine (C=N–C) groups is 1. The van der Waals surface area contributed by atoms with Crippen LogP contribution in [-0.4, -0.2) is 16.2 Å². The Morgan fingerprint density at radius 1 is 1.36 bits per heavy atom. The molecule has 0 fully saturated rings. The Labute approximate surface area is 132 Å². The highest BCUT2D eigenvalue weighted by Gasteiger charge is 2.20. The van der Waals surface area contributed by atoms with Crippen molar-refractivity contribution in [1.29, 1.82) is 5.26 Å². The molecule has 0 aliphatic heterocycles. The molecule has 0 bridgehead atoms. The van der Waals surface area contributed by atoms with Crippen LogP contribution >= 0.6 is 11.3 Å². The van der Waals surface area contributed by atoms with E-state index in [-0.39, 0.29) is 0 Å². The molecule has 0 radical (unpaired) electrons. The predicted octanol–water partition coefficient (Wildman–Crippen LogP) is 4.13. The summed E-state index contributed by atoms with van der Waals surface area (Å²) in [6, 6.07) is 6.28. The Balaban J connectivity index is 1.74. The van der Waals surface area contributed by atoms with Crippen molar-refractivity contribution in [1.82, 2.24) is 9.97 Å². The van der Waals surface area contributed by atoms with Gasteiger partial charge in [-0.2, -0.15) is 5.26 Å². The predicted molar refractivity (Wildman–Crippen MR) is 89.0 cm³/mol. The first kappa shape index (κ1) is 13.2. The van der Waals surface area contributed by atoms with E-state index in [2.05, 4.69) is 21.0 Å². The highest BCUT2D eigenvalue weighted by atomic mass is 32.1. The highest BCUT2D eigenvalue weighted by molar-refractivity contribution is 7.16. The highest BCUT2D eigenvalue weighted by Crippen LogP contribution is 2.39. The average molecular weight is 306 g/mol. The van der Waals surface area contributed by atoms with Gasteiger partial charge in [0.25, 0.3) is 0 Å². The number of hydrogen-bond acceptors (Lipinski definition) is 4. The second-order valence-electron chi connectivity index (χ2n) is 5.40. The molecule has 0 unspecified atom stereocenters. The van der Waals surface area contributed by atoms with E-state index in [1.165, 1.54) is 23.3 Å². The summed E-state index contributed by atoms with van der Waals surface area (Å²) in [6.07, 6.45) is 9.99. The second kappa shape index (κ2) is 5.39. The standard InChI is InChI=1S/C17H14N4S/c18-8-14-13-4-1-2-6-15(13)22-17(14)21-10-11-9-20-16-12(11)5-3-7-19-16/h3,5,7,9-10H,1-2,4,6H2,(H,19,20)/b21-10+. The van der Waals surface area contributed by atoms with Crippen molar-refractivity contribution in [3.05, 3.63) is 46.1 Å². The molecule has 0 atom stereocenters. The normalized spacial score (nSPS) is 14.3. The van der Waals surface area contributed by atoms with E-state index in [1.807, 2.05) is 24.5 Å². The van der Waals surface area contributed by atoms with Crippen LogP contribution in [0, 0.1) is 11.3 Å². The number of rotatable bonds is 2. The van der Waals surface area contributed by atoms with E-state index in [0.717, 1.165) is 40.0 Å². The van der Waals surface area contributed by atoms with Crippen LogP contribution in [0.3, 0.4) is 0 Å². The lowest BCUT2D eigenvalue weighted by molar-refractivity contribution is 0.696. The third kappa shape index (κ3) is 2.13. The molecule has 5 heteroatoms. The van der Waals surface area contributed by atoms with Crippen LogP contribution in [0.1, 0.15) is 34.4 Å². The van der Waals surface area contributed by atoms with Gasteiger partial charge < -0.3 is 4.98 Å². The van der Waals surface area contributed by atoms with Crippen molar-refractivity contribution in [3.63, 3.8) is 0 Å². The summed E-state index contributed by atoms with van der Waals surface area (Å²) in [4.78, 5) is 13.4. The van der Waals surface area contributed by atoms with Crippen molar-refractivity contribution in [2.45, 2.75) is 25.7 Å². The molecule has 3 aromatic heterocycles. The van der Waals surface area contributed by atoms with E-state index in [4.69, 9.17) is 0 Å². The number of aromatic nitrogens is 2. The van der Waals surface area contributed by atoms with Crippen molar-refractivity contribution in [3.8, 4) is 6.07 Å². The number of pyridine rings is 1. The zero-order valence-electron chi connectivity index (χ0n) is 12.0. The van der Waals surface area contributed by atoms with Gasteiger partial charge in [0, 0.05) is 34.4 Å². The molecule has 0 aromatic carbocycles. The number of aromatic amines is 1. The van der Waals surface area contributed by atoms with Gasteiger partial charge in [-0.25, -0.2) is 9.98 Å². The molecule has 1 aliphatic rings. The van der Waals surface area contributed by atoms with Gasteiger partial charge in [-0.1, -0.05) is 0 Å². The van der Waals surface area contributed by atoms with Gasteiger partial charge >= 0.3 is 0 Å². The largest absolute Gasteiger partial charge is 0.345 e. The van der Waals surface area contributed by atoms with Gasteiger partial charge in [0.05, 0.1) is 5.56 Å². The van der Waals surface area contributed by atoms with Crippen LogP contribution in [0.5, 0.6) is 0 Å². The summed E-state index contributed by atoms with van der Waals surface area (Å²) in [5.74, 6) is 0. The molecule has 1 N–H and O–H groups in total. The van der Waals surface area contributed by atoms with E-state index in [9.17, 15) is 5.26 Å². The third-order valence-corrected chi connectivity index (χ3v) is 5.27. The number of nitrogens with one attached hydrogen (secondary N) is 1. The zero-order chi connectivity index (χ0) is 14.9. The first-order chi connectivity index (χ1) is 10.9. The maximum absolute atomic E-state index is 9.46. The number of hydrogen-bond donors (Lipinski definition) is 1. The summed E-state index contributed by atoms with van der Waals surface area (Å²) in [6.45, 7) is 0. The fourth-order valence-electron chi connectivity index (χ4n) is 2.97. The molecular weight excluding hydrogens is 292 g/mol. The molecule has 0 saturated heterocycles. The first-order valence-electron chi connectivity index (χ1n) is 7.37. The Hall–Kier alpha value is -2.45. The quantitative estimate of drug-likeness (QED) is 0.724. The average Bonchev–Trinajstić information content (AvgIpc) is 3.13. The minimum absolute atomic E-state index is 0.772. The molecule has 0 spiro atoms. The van der Waals surface area contributed by atoms with Gasteiger partial charge in [-0.3, -0.25) is 0 Å². The van der Waals surface area contributed by atoms with Gasteiger partial charge in [-0.05, 0) is 43.4 Å². The Morgan fingerprint density at radius 2 is 2.27 bits per heavy atom. The summed E-state index contributed by atoms with van der Waals surface area (Å²) >= 11 is 1.67. The second-order valence-corrected chi connectivity index (χ2v) is 6.49. The van der Waals surface area contributed by atoms with E-state index < -0.39 is 0 Å². The van der Waals surface area contributed by atoms with Crippen molar-refractivity contribution >= 4 is 33.6 Å². The lowest BCUT2D eigenvalue weighted by Crippen LogP contribution is -1.99. The van der Waals surface area contributed by atoms with Crippen molar-refractivity contribution in [2.75, 3.05) is 0 Å². The van der Waals surface area contributed by atoms with E-state index in [1.54, 1.807) is 17.5 Å². The molecule has 3 heterocycles. The fourth-order valence-corrected chi connectivity index (χ4v) is 4.15. The SMILES string of the molecule is N#Cc1c(/N=C/c2c[nH]c3ncccc23)sc2c1CCCC2. The lowest BCUT2D eigenvalue weighted by Gasteiger charge is -2.09. The van der Waals surface area contributed by atoms with Crippen LogP contribution in [0.2, 0.25) is 0 Å². The molecule has 108 valence electrons. The molecule has 4 rings (SSSR count). The summed E-state index contributed by atoms with van der Waals surface area (Å²) in [5, 5.41) is 11.3. The van der Waals surface area contributed by atoms with Crippen LogP contribution in [0.4, 0.5) is 5.00 Å². The third-order valence-electron chi connectivity index (χ3n) is 4.07. The molecule has 0 saturated carbocycles. The molecule has 0 amide bonds. The van der Waals surface area contributed by atoms with E-state index >= 15 is 0 Å². The number of nitrogens with zero attached hydrogens (tertiary/aromatic N) is 3. The maximum atomic E-state index is 9.46. The molecule has 3 aromatic rings. The van der Waals surface area contributed by atoms with E-state index in [0.29, 0.717) is 0 Å². The van der Waals surface area contributed by atoms with Gasteiger partial charge in [0.1, 0.15) is 16.7 Å². The Morgan fingerprint density at radius 3 is 3.18 bits per heavy atom. The maximum Gasteiger partial charge on any atom is 0.137 e. The minimum atomic E-state index is 0.772. The molecule has 22 heavy (non-hydrogen) atoms. The van der Waals surface area contributed by atoms with Crippen LogP contribution in [-0.2, 0) is 12.8 Å². The summed E-state index contributed by atoms with van der Waals surface area (Å²) < 4.78 is 0. The van der Waals surface area contributed by atoms with Crippen molar-refractivity contribution in [2.24, 2.45) is 4.99 Å². The number of aryl methyl sites for hydroxylation is 1. The summed E-state index contributed by atoms with van der Waals surface area (Å²) in [5.41, 5.74) is 3.86. The van der Waals surface area contributed by atoms with Crippen LogP contribution < -0.4 is 0 Å². The molecule has 1 aliphatic carbocycles. The van der Waals surface area contributed by atoms with Gasteiger partial charge in [0.2, 0.25) is 0 Å². The number of fused-ring (bicyclic) bond motifs is 2. The first-order valence-corrected chi connectivity index (χ1v) is 8.19. The molecular formula is C17H14N4S. The van der Waals surface area contributed by atoms with Crippen molar-refractivity contribution < 1.29 is 0 Å². The minimum Gasteiger partial charge on any atom is -0.345 e. The Bertz CT molecular complexity index is 911. The topological polar surface area (TPSA) is 64.8 Å².